The van der Waals surface area contributed by atoms with Crippen molar-refractivity contribution in [2.45, 2.75) is 59.5 Å². The summed E-state index contributed by atoms with van der Waals surface area (Å²) in [6.45, 7) is 13.3. The number of aryl methyl sites for hydroxylation is 1. The van der Waals surface area contributed by atoms with Crippen LogP contribution in [0.4, 0.5) is 0 Å². The van der Waals surface area contributed by atoms with Gasteiger partial charge in [-0.05, 0) is 43.4 Å². The van der Waals surface area contributed by atoms with Gasteiger partial charge >= 0.3 is 0 Å². The number of thiazole rings is 1. The monoisotopic (exact) mass is 500 g/mol. The van der Waals surface area contributed by atoms with E-state index >= 15 is 0 Å². The second-order valence-electron chi connectivity index (χ2n) is 10.6. The minimum atomic E-state index is -0.339. The Bertz CT molecular complexity index is 962. The Morgan fingerprint density at radius 2 is 1.83 bits per heavy atom. The van der Waals surface area contributed by atoms with Gasteiger partial charge in [0, 0.05) is 32.6 Å². The van der Waals surface area contributed by atoms with Crippen LogP contribution in [0.1, 0.15) is 51.3 Å². The average molecular weight is 501 g/mol. The van der Waals surface area contributed by atoms with Gasteiger partial charge in [0.2, 0.25) is 11.8 Å². The third-order valence-corrected chi connectivity index (χ3v) is 7.20. The fourth-order valence-corrected chi connectivity index (χ4v) is 5.02. The molecule has 0 radical (unpaired) electrons. The molecule has 0 saturated carbocycles. The number of likely N-dealkylation sites (N-methyl/N-ethyl adjacent to an activating group) is 1. The van der Waals surface area contributed by atoms with Crippen molar-refractivity contribution >= 4 is 23.2 Å². The van der Waals surface area contributed by atoms with Gasteiger partial charge in [-0.15, -0.1) is 11.3 Å². The molecule has 2 fully saturated rings. The zero-order chi connectivity index (χ0) is 25.4. The summed E-state index contributed by atoms with van der Waals surface area (Å²) in [6, 6.07) is 7.86. The first kappa shape index (κ1) is 27.3. The van der Waals surface area contributed by atoms with E-state index in [2.05, 4.69) is 34.4 Å². The number of aromatic nitrogens is 1. The molecule has 2 aliphatic heterocycles. The SMILES string of the molecule is CN1CCOCC1.Cc1ncsc1-c1ccc(CNC(=O)C2CCCN2C(=O)CC(C)(C)C)cc1. The van der Waals surface area contributed by atoms with Crippen LogP contribution in [0.3, 0.4) is 0 Å². The number of likely N-dealkylation sites (tertiary alicyclic amines) is 1. The number of ether oxygens (including phenoxy) is 1. The zero-order valence-electron chi connectivity index (χ0n) is 21.8. The van der Waals surface area contributed by atoms with Gasteiger partial charge < -0.3 is 19.9 Å². The minimum absolute atomic E-state index is 0.0536. The van der Waals surface area contributed by atoms with Crippen LogP contribution in [0, 0.1) is 12.3 Å². The van der Waals surface area contributed by atoms with E-state index in [1.165, 1.54) is 4.88 Å². The third-order valence-electron chi connectivity index (χ3n) is 6.22. The molecule has 0 aliphatic carbocycles. The van der Waals surface area contributed by atoms with Gasteiger partial charge in [0.1, 0.15) is 6.04 Å². The lowest BCUT2D eigenvalue weighted by atomic mass is 9.91. The first-order chi connectivity index (χ1) is 16.6. The van der Waals surface area contributed by atoms with Crippen LogP contribution < -0.4 is 5.32 Å². The van der Waals surface area contributed by atoms with E-state index in [9.17, 15) is 9.59 Å². The van der Waals surface area contributed by atoms with Crippen molar-refractivity contribution in [3.8, 4) is 10.4 Å². The lowest BCUT2D eigenvalue weighted by molar-refractivity contribution is -0.139. The van der Waals surface area contributed by atoms with Crippen molar-refractivity contribution in [1.29, 1.82) is 0 Å². The van der Waals surface area contributed by atoms with E-state index in [-0.39, 0.29) is 23.3 Å². The first-order valence-corrected chi connectivity index (χ1v) is 13.3. The number of amides is 2. The summed E-state index contributed by atoms with van der Waals surface area (Å²) in [4.78, 5) is 34.7. The second-order valence-corrected chi connectivity index (χ2v) is 11.4. The average Bonchev–Trinajstić information content (AvgIpc) is 3.47. The lowest BCUT2D eigenvalue weighted by Gasteiger charge is -2.27. The molecule has 1 N–H and O–H groups in total. The van der Waals surface area contributed by atoms with Gasteiger partial charge in [-0.3, -0.25) is 9.59 Å². The number of hydrogen-bond acceptors (Lipinski definition) is 6. The van der Waals surface area contributed by atoms with E-state index in [1.807, 2.05) is 45.3 Å². The number of nitrogens with one attached hydrogen (secondary N) is 1. The minimum Gasteiger partial charge on any atom is -0.379 e. The molecule has 1 unspecified atom stereocenters. The summed E-state index contributed by atoms with van der Waals surface area (Å²) in [6.07, 6.45) is 2.09. The molecule has 1 aromatic carbocycles. The maximum Gasteiger partial charge on any atom is 0.243 e. The molecule has 192 valence electrons. The Morgan fingerprint density at radius 1 is 1.14 bits per heavy atom. The number of morpholine rings is 1. The van der Waals surface area contributed by atoms with Gasteiger partial charge in [-0.2, -0.15) is 0 Å². The summed E-state index contributed by atoms with van der Waals surface area (Å²) in [5.41, 5.74) is 5.01. The predicted octanol–water partition coefficient (Wildman–Crippen LogP) is 4.11. The Kier molecular flexibility index (Phi) is 9.83. The van der Waals surface area contributed by atoms with Crippen LogP contribution in [0.2, 0.25) is 0 Å². The van der Waals surface area contributed by atoms with Crippen LogP contribution in [-0.2, 0) is 20.9 Å². The van der Waals surface area contributed by atoms with Crippen molar-refractivity contribution in [3.05, 3.63) is 41.0 Å². The summed E-state index contributed by atoms with van der Waals surface area (Å²) in [5.74, 6) is 0.0246. The zero-order valence-corrected chi connectivity index (χ0v) is 22.6. The highest BCUT2D eigenvalue weighted by molar-refractivity contribution is 7.13. The quantitative estimate of drug-likeness (QED) is 0.669. The summed E-state index contributed by atoms with van der Waals surface area (Å²) in [7, 11) is 2.11. The van der Waals surface area contributed by atoms with E-state index in [0.29, 0.717) is 19.5 Å². The topological polar surface area (TPSA) is 74.8 Å². The Morgan fingerprint density at radius 3 is 2.37 bits per heavy atom. The Hall–Kier alpha value is -2.29. The van der Waals surface area contributed by atoms with Crippen LogP contribution in [0.15, 0.2) is 29.8 Å². The highest BCUT2D eigenvalue weighted by Crippen LogP contribution is 2.27. The summed E-state index contributed by atoms with van der Waals surface area (Å²) >= 11 is 1.63. The van der Waals surface area contributed by atoms with Crippen molar-refractivity contribution in [1.82, 2.24) is 20.1 Å². The maximum absolute atomic E-state index is 12.7. The van der Waals surface area contributed by atoms with E-state index in [1.54, 1.807) is 16.2 Å². The van der Waals surface area contributed by atoms with Gasteiger partial charge in [0.25, 0.3) is 0 Å². The molecule has 4 rings (SSSR count). The smallest absolute Gasteiger partial charge is 0.243 e. The number of nitrogens with zero attached hydrogens (tertiary/aromatic N) is 3. The van der Waals surface area contributed by atoms with Gasteiger partial charge in [-0.1, -0.05) is 45.0 Å². The molecule has 7 nitrogen and oxygen atoms in total. The molecule has 1 aromatic heterocycles. The molecular formula is C27H40N4O3S. The molecule has 2 saturated heterocycles. The van der Waals surface area contributed by atoms with Crippen molar-refractivity contribution in [3.63, 3.8) is 0 Å². The largest absolute Gasteiger partial charge is 0.379 e. The van der Waals surface area contributed by atoms with E-state index in [0.717, 1.165) is 56.0 Å². The molecule has 2 aliphatic rings. The fraction of sp³-hybridized carbons (Fsp3) is 0.593. The molecule has 0 bridgehead atoms. The molecule has 8 heteroatoms. The maximum atomic E-state index is 12.7. The highest BCUT2D eigenvalue weighted by atomic mass is 32.1. The predicted molar refractivity (Wildman–Crippen MR) is 141 cm³/mol. The Balaban J connectivity index is 0.000000420. The number of hydrogen-bond donors (Lipinski definition) is 1. The molecule has 35 heavy (non-hydrogen) atoms. The highest BCUT2D eigenvalue weighted by Gasteiger charge is 2.35. The van der Waals surface area contributed by atoms with Crippen LogP contribution in [0.25, 0.3) is 10.4 Å². The summed E-state index contributed by atoms with van der Waals surface area (Å²) in [5, 5.41) is 3.01. The normalized spacial score (nSPS) is 18.7. The molecule has 2 amide bonds. The standard InChI is InChI=1S/C22H29N3O2S.C5H11NO/c1-15-20(28-14-24-15)17-9-7-16(8-10-17)13-23-21(27)18-6-5-11-25(18)19(26)12-22(2,3)4;1-6-2-4-7-5-3-6/h7-10,14,18H,5-6,11-13H2,1-4H3,(H,23,27);2-5H2,1H3. The van der Waals surface area contributed by atoms with Crippen LogP contribution in [0.5, 0.6) is 0 Å². The van der Waals surface area contributed by atoms with Crippen LogP contribution in [-0.4, -0.2) is 72.5 Å². The van der Waals surface area contributed by atoms with Crippen molar-refractivity contribution in [2.24, 2.45) is 5.41 Å². The number of carbonyl (C=O) groups excluding carboxylic acids is 2. The molecule has 1 atom stereocenters. The number of rotatable bonds is 5. The molecule has 3 heterocycles. The fourth-order valence-electron chi connectivity index (χ4n) is 4.21. The lowest BCUT2D eigenvalue weighted by Crippen LogP contribution is -2.46. The van der Waals surface area contributed by atoms with E-state index in [4.69, 9.17) is 4.74 Å². The first-order valence-electron chi connectivity index (χ1n) is 12.5. The van der Waals surface area contributed by atoms with Crippen molar-refractivity contribution < 1.29 is 14.3 Å². The molecular weight excluding hydrogens is 460 g/mol. The second kappa shape index (κ2) is 12.6. The molecule has 2 aromatic rings. The van der Waals surface area contributed by atoms with Gasteiger partial charge in [-0.25, -0.2) is 4.98 Å². The Labute approximate surface area is 213 Å². The van der Waals surface area contributed by atoms with Gasteiger partial charge in [0.05, 0.1) is 29.3 Å². The molecule has 0 spiro atoms. The van der Waals surface area contributed by atoms with Gasteiger partial charge in [0.15, 0.2) is 0 Å². The van der Waals surface area contributed by atoms with Crippen molar-refractivity contribution in [2.75, 3.05) is 39.9 Å². The van der Waals surface area contributed by atoms with Crippen LogP contribution >= 0.6 is 11.3 Å². The van der Waals surface area contributed by atoms with E-state index < -0.39 is 0 Å². The number of benzene rings is 1. The number of carbonyl (C=O) groups is 2. The third kappa shape index (κ3) is 8.40. The summed E-state index contributed by atoms with van der Waals surface area (Å²) < 4.78 is 5.10.